The summed E-state index contributed by atoms with van der Waals surface area (Å²) in [5.41, 5.74) is 8.51. The lowest BCUT2D eigenvalue weighted by Crippen LogP contribution is -2.27. The van der Waals surface area contributed by atoms with Crippen LogP contribution >= 0.6 is 0 Å². The highest BCUT2D eigenvalue weighted by molar-refractivity contribution is 6.02. The zero-order chi connectivity index (χ0) is 12.7. The number of rotatable bonds is 5. The molecule has 0 aliphatic rings. The second kappa shape index (κ2) is 6.49. The summed E-state index contributed by atoms with van der Waals surface area (Å²) in [6.45, 7) is 0.270. The molecular weight excluding hydrogens is 222 g/mol. The van der Waals surface area contributed by atoms with Gasteiger partial charge in [0, 0.05) is 12.7 Å². The summed E-state index contributed by atoms with van der Waals surface area (Å²) in [5.74, 6) is 0.744. The summed E-state index contributed by atoms with van der Waals surface area (Å²) in [4.78, 5) is 10.6. The fourth-order valence-electron chi connectivity index (χ4n) is 1.22. The Balaban J connectivity index is 2.88. The number of carbonyl (C=O) groups excluding carboxylic acids is 1. The van der Waals surface area contributed by atoms with Gasteiger partial charge in [0.1, 0.15) is 5.75 Å². The van der Waals surface area contributed by atoms with E-state index in [4.69, 9.17) is 15.2 Å². The van der Waals surface area contributed by atoms with Gasteiger partial charge in [0.25, 0.3) is 0 Å². The fourth-order valence-corrected chi connectivity index (χ4v) is 1.22. The molecule has 2 amide bonds. The Labute approximate surface area is 99.4 Å². The van der Waals surface area contributed by atoms with E-state index in [-0.39, 0.29) is 6.61 Å². The predicted molar refractivity (Wildman–Crippen MR) is 64.1 cm³/mol. The first-order valence-electron chi connectivity index (χ1n) is 4.92. The normalized spacial score (nSPS) is 11.1. The molecule has 0 saturated carbocycles. The van der Waals surface area contributed by atoms with E-state index in [1.165, 1.54) is 0 Å². The molecule has 0 aliphatic carbocycles. The number of hydrogen-bond acceptors (Lipinski definition) is 4. The van der Waals surface area contributed by atoms with Crippen LogP contribution in [-0.4, -0.2) is 32.6 Å². The number of carbonyl (C=O) groups is 1. The first kappa shape index (κ1) is 13.0. The second-order valence-electron chi connectivity index (χ2n) is 3.20. The number of hydrogen-bond donors (Lipinski definition) is 2. The first-order valence-corrected chi connectivity index (χ1v) is 4.92. The molecule has 1 aromatic carbocycles. The van der Waals surface area contributed by atoms with Crippen molar-refractivity contribution in [3.8, 4) is 5.75 Å². The van der Waals surface area contributed by atoms with E-state index < -0.39 is 6.03 Å². The molecule has 6 heteroatoms. The minimum Gasteiger partial charge on any atom is -0.497 e. The Morgan fingerprint density at radius 2 is 2.00 bits per heavy atom. The quantitative estimate of drug-likeness (QED) is 0.584. The summed E-state index contributed by atoms with van der Waals surface area (Å²) >= 11 is 0. The highest BCUT2D eigenvalue weighted by atomic mass is 16.5. The number of nitrogens with zero attached hydrogens (tertiary/aromatic N) is 1. The van der Waals surface area contributed by atoms with E-state index in [1.807, 2.05) is 12.1 Å². The van der Waals surface area contributed by atoms with Crippen molar-refractivity contribution in [2.75, 3.05) is 20.8 Å². The van der Waals surface area contributed by atoms with Gasteiger partial charge in [-0.05, 0) is 24.3 Å². The Morgan fingerprint density at radius 3 is 2.47 bits per heavy atom. The molecular formula is C11H15N3O3. The molecule has 0 saturated heterocycles. The lowest BCUT2D eigenvalue weighted by atomic mass is 10.1. The molecule has 3 N–H and O–H groups in total. The number of primary amides is 1. The monoisotopic (exact) mass is 237 g/mol. The molecule has 0 atom stereocenters. The third-order valence-corrected chi connectivity index (χ3v) is 2.01. The minimum atomic E-state index is -0.716. The van der Waals surface area contributed by atoms with E-state index in [2.05, 4.69) is 10.5 Å². The maximum absolute atomic E-state index is 10.6. The van der Waals surface area contributed by atoms with Gasteiger partial charge in [0.15, 0.2) is 0 Å². The smallest absolute Gasteiger partial charge is 0.332 e. The maximum Gasteiger partial charge on any atom is 0.332 e. The molecule has 0 aromatic heterocycles. The van der Waals surface area contributed by atoms with Crippen molar-refractivity contribution in [1.29, 1.82) is 0 Å². The molecule has 0 spiro atoms. The van der Waals surface area contributed by atoms with Crippen LogP contribution in [0.25, 0.3) is 0 Å². The predicted octanol–water partition coefficient (Wildman–Crippen LogP) is 0.714. The van der Waals surface area contributed by atoms with Crippen molar-refractivity contribution in [2.45, 2.75) is 0 Å². The Hall–Kier alpha value is -2.08. The summed E-state index contributed by atoms with van der Waals surface area (Å²) in [7, 11) is 3.14. The molecule has 0 heterocycles. The minimum absolute atomic E-state index is 0.270. The summed E-state index contributed by atoms with van der Waals surface area (Å²) in [5, 5.41) is 3.87. The molecule has 0 aliphatic heterocycles. The number of urea groups is 1. The Bertz CT molecular complexity index is 401. The lowest BCUT2D eigenvalue weighted by molar-refractivity contribution is 0.243. The van der Waals surface area contributed by atoms with E-state index in [0.29, 0.717) is 5.71 Å². The summed E-state index contributed by atoms with van der Waals surface area (Å²) in [6.07, 6.45) is 0. The average Bonchev–Trinajstić information content (AvgIpc) is 2.34. The molecule has 0 radical (unpaired) electrons. The van der Waals surface area contributed by atoms with Crippen LogP contribution in [0.5, 0.6) is 5.75 Å². The van der Waals surface area contributed by atoms with E-state index in [0.717, 1.165) is 11.3 Å². The largest absolute Gasteiger partial charge is 0.497 e. The number of benzene rings is 1. The van der Waals surface area contributed by atoms with Crippen molar-refractivity contribution in [3.63, 3.8) is 0 Å². The zero-order valence-electron chi connectivity index (χ0n) is 9.77. The van der Waals surface area contributed by atoms with Gasteiger partial charge in [0.2, 0.25) is 0 Å². The molecule has 0 unspecified atom stereocenters. The highest BCUT2D eigenvalue weighted by Crippen LogP contribution is 2.12. The molecule has 0 fully saturated rings. The molecule has 0 bridgehead atoms. The van der Waals surface area contributed by atoms with Crippen LogP contribution in [0.3, 0.4) is 0 Å². The molecule has 92 valence electrons. The van der Waals surface area contributed by atoms with Crippen molar-refractivity contribution in [3.05, 3.63) is 29.8 Å². The van der Waals surface area contributed by atoms with Crippen LogP contribution in [0, 0.1) is 0 Å². The number of methoxy groups -OCH3 is 2. The molecule has 1 rings (SSSR count). The second-order valence-corrected chi connectivity index (χ2v) is 3.20. The number of hydrazone groups is 1. The van der Waals surface area contributed by atoms with Gasteiger partial charge < -0.3 is 15.2 Å². The van der Waals surface area contributed by atoms with Crippen LogP contribution in [0.15, 0.2) is 29.4 Å². The third kappa shape index (κ3) is 4.12. The van der Waals surface area contributed by atoms with Gasteiger partial charge in [0.05, 0.1) is 19.4 Å². The molecule has 1 aromatic rings. The fraction of sp³-hybridized carbons (Fsp3) is 0.273. The summed E-state index contributed by atoms with van der Waals surface area (Å²) in [6, 6.07) is 6.51. The number of nitrogens with two attached hydrogens (primary N) is 1. The topological polar surface area (TPSA) is 85.9 Å². The van der Waals surface area contributed by atoms with Crippen LogP contribution in [-0.2, 0) is 4.74 Å². The summed E-state index contributed by atoms with van der Waals surface area (Å²) < 4.78 is 10.0. The Kier molecular flexibility index (Phi) is 4.96. The molecule has 17 heavy (non-hydrogen) atoms. The van der Waals surface area contributed by atoms with Crippen LogP contribution in [0.2, 0.25) is 0 Å². The maximum atomic E-state index is 10.6. The van der Waals surface area contributed by atoms with Crippen molar-refractivity contribution >= 4 is 11.7 Å². The lowest BCUT2D eigenvalue weighted by Gasteiger charge is -2.06. The standard InChI is InChI=1S/C11H15N3O3/c1-16-7-10(13-14-11(12)15)8-3-5-9(17-2)6-4-8/h3-6H,7H2,1-2H3,(H3,12,14,15)/b13-10-. The first-order chi connectivity index (χ1) is 8.17. The van der Waals surface area contributed by atoms with Crippen LogP contribution in [0.4, 0.5) is 4.79 Å². The van der Waals surface area contributed by atoms with Gasteiger partial charge in [-0.1, -0.05) is 0 Å². The van der Waals surface area contributed by atoms with Gasteiger partial charge >= 0.3 is 6.03 Å². The van der Waals surface area contributed by atoms with Gasteiger partial charge in [-0.25, -0.2) is 10.2 Å². The van der Waals surface area contributed by atoms with Gasteiger partial charge in [-0.2, -0.15) is 5.10 Å². The van der Waals surface area contributed by atoms with Crippen molar-refractivity contribution in [1.82, 2.24) is 5.43 Å². The van der Waals surface area contributed by atoms with Crippen molar-refractivity contribution in [2.24, 2.45) is 10.8 Å². The number of ether oxygens (including phenoxy) is 2. The van der Waals surface area contributed by atoms with E-state index in [9.17, 15) is 4.79 Å². The van der Waals surface area contributed by atoms with Gasteiger partial charge in [-0.3, -0.25) is 0 Å². The van der Waals surface area contributed by atoms with Gasteiger partial charge in [-0.15, -0.1) is 0 Å². The number of amides is 2. The SMILES string of the molecule is COC/C(=N/NC(N)=O)c1ccc(OC)cc1. The Morgan fingerprint density at radius 1 is 1.35 bits per heavy atom. The average molecular weight is 237 g/mol. The third-order valence-electron chi connectivity index (χ3n) is 2.01. The van der Waals surface area contributed by atoms with Crippen LogP contribution < -0.4 is 15.9 Å². The zero-order valence-corrected chi connectivity index (χ0v) is 9.77. The van der Waals surface area contributed by atoms with E-state index in [1.54, 1.807) is 26.4 Å². The molecule has 6 nitrogen and oxygen atoms in total. The van der Waals surface area contributed by atoms with Crippen LogP contribution in [0.1, 0.15) is 5.56 Å². The highest BCUT2D eigenvalue weighted by Gasteiger charge is 2.04. The van der Waals surface area contributed by atoms with Crippen molar-refractivity contribution < 1.29 is 14.3 Å². The van der Waals surface area contributed by atoms with E-state index >= 15 is 0 Å². The number of nitrogens with one attached hydrogen (secondary N) is 1.